The largest absolute Gasteiger partial charge is 0.464 e. The molecule has 0 bridgehead atoms. The van der Waals surface area contributed by atoms with Crippen molar-refractivity contribution < 1.29 is 19.4 Å². The van der Waals surface area contributed by atoms with Crippen LogP contribution in [0.5, 0.6) is 0 Å². The van der Waals surface area contributed by atoms with Crippen LogP contribution in [0.3, 0.4) is 0 Å². The first-order chi connectivity index (χ1) is 8.52. The topological polar surface area (TPSA) is 79.7 Å². The standard InChI is InChI=1S/C11H11BrN2O4/c1-18-11(17)10-8(2-6(12)4-13-10)14-5-7(15)3-9(14)16/h2,4,7,15H,3,5H2,1H3. The zero-order chi connectivity index (χ0) is 13.3. The van der Waals surface area contributed by atoms with Crippen molar-refractivity contribution >= 4 is 33.5 Å². The fourth-order valence-corrected chi connectivity index (χ4v) is 2.13. The quantitative estimate of drug-likeness (QED) is 0.814. The molecule has 1 amide bonds. The maximum absolute atomic E-state index is 11.7. The summed E-state index contributed by atoms with van der Waals surface area (Å²) < 4.78 is 5.26. The number of hydrogen-bond donors (Lipinski definition) is 1. The highest BCUT2D eigenvalue weighted by Gasteiger charge is 2.32. The summed E-state index contributed by atoms with van der Waals surface area (Å²) in [5.41, 5.74) is 0.404. The molecule has 2 heterocycles. The molecule has 1 atom stereocenters. The van der Waals surface area contributed by atoms with Gasteiger partial charge in [-0.1, -0.05) is 0 Å². The van der Waals surface area contributed by atoms with E-state index in [0.717, 1.165) is 0 Å². The zero-order valence-electron chi connectivity index (χ0n) is 9.59. The molecule has 2 rings (SSSR count). The summed E-state index contributed by atoms with van der Waals surface area (Å²) in [6, 6.07) is 1.61. The Morgan fingerprint density at radius 3 is 2.94 bits per heavy atom. The molecule has 0 spiro atoms. The second-order valence-corrected chi connectivity index (χ2v) is 4.79. The maximum atomic E-state index is 11.7. The minimum Gasteiger partial charge on any atom is -0.464 e. The van der Waals surface area contributed by atoms with E-state index in [1.165, 1.54) is 18.2 Å². The van der Waals surface area contributed by atoms with Gasteiger partial charge in [0.2, 0.25) is 5.91 Å². The second kappa shape index (κ2) is 5.03. The summed E-state index contributed by atoms with van der Waals surface area (Å²) in [6.07, 6.45) is 0.779. The number of aliphatic hydroxyl groups is 1. The summed E-state index contributed by atoms with van der Waals surface area (Å²) in [5.74, 6) is -0.862. The number of amides is 1. The van der Waals surface area contributed by atoms with Gasteiger partial charge in [-0.25, -0.2) is 9.78 Å². The first-order valence-corrected chi connectivity index (χ1v) is 6.04. The van der Waals surface area contributed by atoms with Gasteiger partial charge in [-0.3, -0.25) is 4.79 Å². The summed E-state index contributed by atoms with van der Waals surface area (Å²) in [4.78, 5) is 28.6. The van der Waals surface area contributed by atoms with E-state index in [-0.39, 0.29) is 24.6 Å². The number of methoxy groups -OCH3 is 1. The number of nitrogens with zero attached hydrogens (tertiary/aromatic N) is 2. The number of esters is 1. The lowest BCUT2D eigenvalue weighted by Gasteiger charge is -2.18. The lowest BCUT2D eigenvalue weighted by molar-refractivity contribution is -0.117. The van der Waals surface area contributed by atoms with Crippen LogP contribution in [0.15, 0.2) is 16.7 Å². The SMILES string of the molecule is COC(=O)c1ncc(Br)cc1N1CC(O)CC1=O. The predicted molar refractivity (Wildman–Crippen MR) is 66.3 cm³/mol. The van der Waals surface area contributed by atoms with Gasteiger partial charge in [0.25, 0.3) is 0 Å². The number of hydrogen-bond acceptors (Lipinski definition) is 5. The fraction of sp³-hybridized carbons (Fsp3) is 0.364. The first-order valence-electron chi connectivity index (χ1n) is 5.25. The maximum Gasteiger partial charge on any atom is 0.358 e. The van der Waals surface area contributed by atoms with Gasteiger partial charge in [0.15, 0.2) is 5.69 Å². The van der Waals surface area contributed by atoms with Gasteiger partial charge < -0.3 is 14.7 Å². The molecule has 1 aliphatic heterocycles. The van der Waals surface area contributed by atoms with Crippen molar-refractivity contribution in [3.05, 3.63) is 22.4 Å². The monoisotopic (exact) mass is 314 g/mol. The molecule has 1 aliphatic rings. The third kappa shape index (κ3) is 2.37. The van der Waals surface area contributed by atoms with Crippen LogP contribution in [0.25, 0.3) is 0 Å². The number of pyridine rings is 1. The minimum atomic E-state index is -0.720. The summed E-state index contributed by atoms with van der Waals surface area (Å²) in [5, 5.41) is 9.48. The van der Waals surface area contributed by atoms with E-state index in [4.69, 9.17) is 0 Å². The van der Waals surface area contributed by atoms with Gasteiger partial charge in [-0.05, 0) is 22.0 Å². The lowest BCUT2D eigenvalue weighted by atomic mass is 10.2. The van der Waals surface area contributed by atoms with Crippen molar-refractivity contribution in [3.63, 3.8) is 0 Å². The number of aliphatic hydroxyl groups excluding tert-OH is 1. The number of rotatable bonds is 2. The molecule has 1 saturated heterocycles. The van der Waals surface area contributed by atoms with Gasteiger partial charge in [0.1, 0.15) is 0 Å². The van der Waals surface area contributed by atoms with E-state index < -0.39 is 12.1 Å². The average Bonchev–Trinajstić information content (AvgIpc) is 2.67. The molecular weight excluding hydrogens is 304 g/mol. The second-order valence-electron chi connectivity index (χ2n) is 3.88. The Hall–Kier alpha value is -1.47. The number of anilines is 1. The van der Waals surface area contributed by atoms with Crippen LogP contribution in [0, 0.1) is 0 Å². The van der Waals surface area contributed by atoms with E-state index >= 15 is 0 Å². The highest BCUT2D eigenvalue weighted by molar-refractivity contribution is 9.10. The Labute approximate surface area is 112 Å². The smallest absolute Gasteiger partial charge is 0.358 e. The van der Waals surface area contributed by atoms with Crippen molar-refractivity contribution in [1.29, 1.82) is 0 Å². The molecule has 0 radical (unpaired) electrons. The van der Waals surface area contributed by atoms with Gasteiger partial charge in [-0.15, -0.1) is 0 Å². The van der Waals surface area contributed by atoms with Gasteiger partial charge in [-0.2, -0.15) is 0 Å². The van der Waals surface area contributed by atoms with Crippen molar-refractivity contribution in [2.24, 2.45) is 0 Å². The zero-order valence-corrected chi connectivity index (χ0v) is 11.2. The van der Waals surface area contributed by atoms with Crippen LogP contribution in [0.4, 0.5) is 5.69 Å². The van der Waals surface area contributed by atoms with Crippen LogP contribution in [-0.4, -0.2) is 41.7 Å². The fourth-order valence-electron chi connectivity index (χ4n) is 1.81. The first kappa shape index (κ1) is 13.0. The third-order valence-electron chi connectivity index (χ3n) is 2.61. The average molecular weight is 315 g/mol. The Bertz CT molecular complexity index is 506. The normalized spacial score (nSPS) is 19.2. The van der Waals surface area contributed by atoms with Crippen LogP contribution < -0.4 is 4.90 Å². The molecule has 7 heteroatoms. The highest BCUT2D eigenvalue weighted by atomic mass is 79.9. The van der Waals surface area contributed by atoms with E-state index in [1.54, 1.807) is 6.07 Å². The van der Waals surface area contributed by atoms with Crippen LogP contribution in [0.1, 0.15) is 16.9 Å². The summed E-state index contributed by atoms with van der Waals surface area (Å²) >= 11 is 3.23. The Balaban J connectivity index is 2.45. The van der Waals surface area contributed by atoms with E-state index in [2.05, 4.69) is 25.7 Å². The van der Waals surface area contributed by atoms with Crippen LogP contribution >= 0.6 is 15.9 Å². The Kier molecular flexibility index (Phi) is 3.63. The van der Waals surface area contributed by atoms with Gasteiger partial charge in [0, 0.05) is 10.7 Å². The molecule has 0 saturated carbocycles. The molecule has 1 N–H and O–H groups in total. The predicted octanol–water partition coefficient (Wildman–Crippen LogP) is 0.728. The van der Waals surface area contributed by atoms with Crippen molar-refractivity contribution in [2.75, 3.05) is 18.6 Å². The number of halogens is 1. The molecule has 1 aromatic rings. The summed E-state index contributed by atoms with van der Waals surface area (Å²) in [6.45, 7) is 0.154. The lowest BCUT2D eigenvalue weighted by Crippen LogP contribution is -2.28. The molecule has 0 aliphatic carbocycles. The number of β-amino-alcohol motifs (C(OH)–C–C–N with tert-alkyl or cyclic N) is 1. The molecule has 1 fully saturated rings. The van der Waals surface area contributed by atoms with Crippen molar-refractivity contribution in [1.82, 2.24) is 4.98 Å². The number of ether oxygens (including phenoxy) is 1. The van der Waals surface area contributed by atoms with Crippen LogP contribution in [0.2, 0.25) is 0 Å². The van der Waals surface area contributed by atoms with Gasteiger partial charge >= 0.3 is 5.97 Å². The van der Waals surface area contributed by atoms with E-state index in [9.17, 15) is 14.7 Å². The third-order valence-corrected chi connectivity index (χ3v) is 3.04. The molecular formula is C11H11BrN2O4. The number of carbonyl (C=O) groups excluding carboxylic acids is 2. The van der Waals surface area contributed by atoms with E-state index in [1.807, 2.05) is 0 Å². The highest BCUT2D eigenvalue weighted by Crippen LogP contribution is 2.27. The van der Waals surface area contributed by atoms with Crippen molar-refractivity contribution in [2.45, 2.75) is 12.5 Å². The van der Waals surface area contributed by atoms with E-state index in [0.29, 0.717) is 10.2 Å². The number of carbonyl (C=O) groups is 2. The minimum absolute atomic E-state index is 0.0487. The summed E-state index contributed by atoms with van der Waals surface area (Å²) in [7, 11) is 1.25. The molecule has 96 valence electrons. The Morgan fingerprint density at radius 1 is 1.67 bits per heavy atom. The van der Waals surface area contributed by atoms with Crippen LogP contribution in [-0.2, 0) is 9.53 Å². The molecule has 0 aromatic carbocycles. The Morgan fingerprint density at radius 2 is 2.39 bits per heavy atom. The molecule has 6 nitrogen and oxygen atoms in total. The molecule has 18 heavy (non-hydrogen) atoms. The van der Waals surface area contributed by atoms with Gasteiger partial charge in [0.05, 0.1) is 31.9 Å². The number of aromatic nitrogens is 1. The molecule has 1 unspecified atom stereocenters. The van der Waals surface area contributed by atoms with Crippen molar-refractivity contribution in [3.8, 4) is 0 Å². The molecule has 1 aromatic heterocycles.